The number of carboxylic acids is 1. The number of nitrogens with one attached hydrogen (secondary N) is 1. The van der Waals surface area contributed by atoms with Gasteiger partial charge in [0, 0.05) is 5.69 Å². The number of nitrogens with zero attached hydrogens (tertiary/aromatic N) is 2. The topological polar surface area (TPSA) is 84.2 Å². The monoisotopic (exact) mass is 367 g/mol. The van der Waals surface area contributed by atoms with Crippen LogP contribution in [0.1, 0.15) is 16.1 Å². The standard InChI is InChI=1S/C13H7F6N3O3/c14-12(15,16)9-8(10(23)24)5-20-22(9)7-3-1-2-6(4-7)21-11(25)13(17,18)19/h1-5H,(H,21,25)(H,23,24). The zero-order valence-corrected chi connectivity index (χ0v) is 11.8. The molecule has 0 aliphatic heterocycles. The first-order valence-electron chi connectivity index (χ1n) is 6.28. The van der Waals surface area contributed by atoms with Gasteiger partial charge >= 0.3 is 24.2 Å². The molecule has 0 radical (unpaired) electrons. The molecular weight excluding hydrogens is 360 g/mol. The zero-order valence-electron chi connectivity index (χ0n) is 11.8. The van der Waals surface area contributed by atoms with Crippen molar-refractivity contribution in [1.29, 1.82) is 0 Å². The van der Waals surface area contributed by atoms with E-state index < -0.39 is 41.2 Å². The predicted molar refractivity (Wildman–Crippen MR) is 70.2 cm³/mol. The fraction of sp³-hybridized carbons (Fsp3) is 0.154. The van der Waals surface area contributed by atoms with E-state index >= 15 is 0 Å². The molecule has 2 aromatic rings. The lowest BCUT2D eigenvalue weighted by molar-refractivity contribution is -0.167. The van der Waals surface area contributed by atoms with Crippen LogP contribution in [0.5, 0.6) is 0 Å². The lowest BCUT2D eigenvalue weighted by Gasteiger charge is -2.13. The van der Waals surface area contributed by atoms with Gasteiger partial charge in [0.05, 0.1) is 11.9 Å². The number of benzene rings is 1. The van der Waals surface area contributed by atoms with Gasteiger partial charge in [0.1, 0.15) is 5.56 Å². The molecule has 1 aromatic heterocycles. The van der Waals surface area contributed by atoms with Crippen LogP contribution in [0.15, 0.2) is 30.5 Å². The van der Waals surface area contributed by atoms with Crippen molar-refractivity contribution >= 4 is 17.6 Å². The molecule has 0 saturated carbocycles. The Bertz CT molecular complexity index is 825. The maximum absolute atomic E-state index is 13.1. The largest absolute Gasteiger partial charge is 0.478 e. The number of anilines is 1. The minimum absolute atomic E-state index is 0.215. The van der Waals surface area contributed by atoms with Gasteiger partial charge in [-0.15, -0.1) is 0 Å². The summed E-state index contributed by atoms with van der Waals surface area (Å²) in [5.41, 5.74) is -3.57. The molecule has 2 N–H and O–H groups in total. The quantitative estimate of drug-likeness (QED) is 0.817. The van der Waals surface area contributed by atoms with Crippen molar-refractivity contribution in [3.05, 3.63) is 41.7 Å². The number of aromatic carboxylic acids is 1. The number of alkyl halides is 6. The average molecular weight is 367 g/mol. The molecule has 1 amide bonds. The van der Waals surface area contributed by atoms with Gasteiger partial charge < -0.3 is 10.4 Å². The Morgan fingerprint density at radius 3 is 2.28 bits per heavy atom. The SMILES string of the molecule is O=C(O)c1cnn(-c2cccc(NC(=O)C(F)(F)F)c2)c1C(F)(F)F. The van der Waals surface area contributed by atoms with Gasteiger partial charge in [-0.1, -0.05) is 6.07 Å². The highest BCUT2D eigenvalue weighted by molar-refractivity contribution is 5.95. The predicted octanol–water partition coefficient (Wildman–Crippen LogP) is 3.09. The molecule has 12 heteroatoms. The molecule has 0 bridgehead atoms. The Kier molecular flexibility index (Phi) is 4.47. The maximum Gasteiger partial charge on any atom is 0.471 e. The Morgan fingerprint density at radius 1 is 1.12 bits per heavy atom. The van der Waals surface area contributed by atoms with E-state index in [2.05, 4.69) is 5.10 Å². The number of rotatable bonds is 3. The molecule has 0 fully saturated rings. The Balaban J connectivity index is 2.49. The van der Waals surface area contributed by atoms with Crippen LogP contribution in [0.2, 0.25) is 0 Å². The third-order valence-electron chi connectivity index (χ3n) is 2.87. The van der Waals surface area contributed by atoms with E-state index in [9.17, 15) is 35.9 Å². The molecule has 0 unspecified atom stereocenters. The van der Waals surface area contributed by atoms with E-state index in [0.29, 0.717) is 6.20 Å². The number of carbonyl (C=O) groups is 2. The van der Waals surface area contributed by atoms with E-state index in [1.165, 1.54) is 5.32 Å². The second-order valence-corrected chi connectivity index (χ2v) is 4.62. The van der Waals surface area contributed by atoms with Gasteiger partial charge in [-0.3, -0.25) is 4.79 Å². The molecule has 0 atom stereocenters. The smallest absolute Gasteiger partial charge is 0.471 e. The molecule has 1 aromatic carbocycles. The third-order valence-corrected chi connectivity index (χ3v) is 2.87. The molecule has 0 aliphatic rings. The first-order chi connectivity index (χ1) is 11.4. The maximum atomic E-state index is 13.1. The summed E-state index contributed by atoms with van der Waals surface area (Å²) in [5, 5.41) is 13.6. The molecule has 0 saturated heterocycles. The van der Waals surface area contributed by atoms with Gasteiger partial charge in [0.2, 0.25) is 0 Å². The normalized spacial score (nSPS) is 12.1. The highest BCUT2D eigenvalue weighted by Gasteiger charge is 2.41. The van der Waals surface area contributed by atoms with E-state index in [4.69, 9.17) is 5.11 Å². The highest BCUT2D eigenvalue weighted by Crippen LogP contribution is 2.34. The number of halogens is 6. The fourth-order valence-electron chi connectivity index (χ4n) is 1.89. The molecular formula is C13H7F6N3O3. The number of carbonyl (C=O) groups excluding carboxylic acids is 1. The van der Waals surface area contributed by atoms with Gasteiger partial charge in [0.25, 0.3) is 0 Å². The van der Waals surface area contributed by atoms with E-state index in [-0.39, 0.29) is 10.4 Å². The van der Waals surface area contributed by atoms with Crippen LogP contribution in [-0.4, -0.2) is 32.9 Å². The second kappa shape index (κ2) is 6.11. The van der Waals surface area contributed by atoms with Crippen molar-refractivity contribution in [1.82, 2.24) is 9.78 Å². The lowest BCUT2D eigenvalue weighted by atomic mass is 10.2. The van der Waals surface area contributed by atoms with Gasteiger partial charge in [-0.05, 0) is 18.2 Å². The van der Waals surface area contributed by atoms with Crippen LogP contribution in [-0.2, 0) is 11.0 Å². The van der Waals surface area contributed by atoms with Crippen LogP contribution < -0.4 is 5.32 Å². The van der Waals surface area contributed by atoms with Crippen molar-refractivity contribution in [2.45, 2.75) is 12.4 Å². The van der Waals surface area contributed by atoms with Crippen LogP contribution in [0.25, 0.3) is 5.69 Å². The number of aromatic nitrogens is 2. The number of amides is 1. The summed E-state index contributed by atoms with van der Waals surface area (Å²) in [6.45, 7) is 0. The van der Waals surface area contributed by atoms with Crippen molar-refractivity contribution < 1.29 is 41.0 Å². The Morgan fingerprint density at radius 2 is 1.76 bits per heavy atom. The molecule has 2 rings (SSSR count). The molecule has 25 heavy (non-hydrogen) atoms. The number of hydrogen-bond acceptors (Lipinski definition) is 3. The summed E-state index contributed by atoms with van der Waals surface area (Å²) in [5.74, 6) is -4.19. The van der Waals surface area contributed by atoms with Crippen LogP contribution >= 0.6 is 0 Å². The van der Waals surface area contributed by atoms with Crippen molar-refractivity contribution in [2.75, 3.05) is 5.32 Å². The van der Waals surface area contributed by atoms with Crippen LogP contribution in [0, 0.1) is 0 Å². The van der Waals surface area contributed by atoms with Gasteiger partial charge in [-0.25, -0.2) is 9.48 Å². The minimum Gasteiger partial charge on any atom is -0.478 e. The summed E-state index contributed by atoms with van der Waals surface area (Å²) < 4.78 is 76.2. The lowest BCUT2D eigenvalue weighted by Crippen LogP contribution is -2.29. The molecule has 0 spiro atoms. The summed E-state index contributed by atoms with van der Waals surface area (Å²) in [6, 6.07) is 3.93. The van der Waals surface area contributed by atoms with Gasteiger partial charge in [-0.2, -0.15) is 31.4 Å². The van der Waals surface area contributed by atoms with E-state index in [1.54, 1.807) is 0 Å². The van der Waals surface area contributed by atoms with Crippen molar-refractivity contribution in [2.24, 2.45) is 0 Å². The average Bonchev–Trinajstić information content (AvgIpc) is 2.91. The summed E-state index contributed by atoms with van der Waals surface area (Å²) in [6.07, 6.45) is -9.81. The van der Waals surface area contributed by atoms with Crippen LogP contribution in [0.3, 0.4) is 0 Å². The Hall–Kier alpha value is -3.05. The summed E-state index contributed by atoms with van der Waals surface area (Å²) in [4.78, 5) is 21.8. The zero-order chi connectivity index (χ0) is 19.0. The van der Waals surface area contributed by atoms with Crippen molar-refractivity contribution in [3.63, 3.8) is 0 Å². The highest BCUT2D eigenvalue weighted by atomic mass is 19.4. The number of carboxylic acid groups (broad SMARTS) is 1. The van der Waals surface area contributed by atoms with Crippen LogP contribution in [0.4, 0.5) is 32.0 Å². The van der Waals surface area contributed by atoms with Gasteiger partial charge in [0.15, 0.2) is 5.69 Å². The summed E-state index contributed by atoms with van der Waals surface area (Å²) in [7, 11) is 0. The third kappa shape index (κ3) is 3.89. The van der Waals surface area contributed by atoms with Crippen molar-refractivity contribution in [3.8, 4) is 5.69 Å². The Labute approximate surface area is 134 Å². The summed E-state index contributed by atoms with van der Waals surface area (Å²) >= 11 is 0. The molecule has 1 heterocycles. The van der Waals surface area contributed by atoms with E-state index in [1.807, 2.05) is 0 Å². The second-order valence-electron chi connectivity index (χ2n) is 4.62. The molecule has 134 valence electrons. The number of hydrogen-bond donors (Lipinski definition) is 2. The first-order valence-corrected chi connectivity index (χ1v) is 6.28. The van der Waals surface area contributed by atoms with E-state index in [0.717, 1.165) is 24.3 Å². The molecule has 0 aliphatic carbocycles. The minimum atomic E-state index is -5.19. The first kappa shape index (κ1) is 18.3. The molecule has 6 nitrogen and oxygen atoms in total. The fourth-order valence-corrected chi connectivity index (χ4v) is 1.89.